The number of rotatable bonds is 4. The highest BCUT2D eigenvalue weighted by Crippen LogP contribution is 2.12. The second kappa shape index (κ2) is 5.17. The van der Waals surface area contributed by atoms with Crippen LogP contribution in [0.25, 0.3) is 0 Å². The molecule has 1 aromatic rings. The van der Waals surface area contributed by atoms with Crippen molar-refractivity contribution >= 4 is 0 Å². The van der Waals surface area contributed by atoms with Gasteiger partial charge in [-0.25, -0.2) is 0 Å². The van der Waals surface area contributed by atoms with Gasteiger partial charge in [0.25, 0.3) is 0 Å². The largest absolute Gasteiger partial charge is 0.494 e. The maximum Gasteiger partial charge on any atom is 0.119 e. The Kier molecular flexibility index (Phi) is 4.15. The maximum absolute atomic E-state index is 5.39. The van der Waals surface area contributed by atoms with E-state index in [0.29, 0.717) is 0 Å². The molecule has 0 bridgehead atoms. The molecule has 0 aliphatic rings. The second-order valence-corrected chi connectivity index (χ2v) is 4.68. The molecule has 0 fully saturated rings. The van der Waals surface area contributed by atoms with Crippen LogP contribution in [0.3, 0.4) is 0 Å². The highest BCUT2D eigenvalue weighted by Gasteiger charge is 2.07. The first-order valence-corrected chi connectivity index (χ1v) is 5.48. The molecule has 0 heterocycles. The molecule has 0 spiro atoms. The predicted octanol–water partition coefficient (Wildman–Crippen LogP) is 2.97. The number of hydrogen-bond acceptors (Lipinski definition) is 2. The minimum Gasteiger partial charge on any atom is -0.494 e. The van der Waals surface area contributed by atoms with Crippen LogP contribution in [0, 0.1) is 0 Å². The fourth-order valence-electron chi connectivity index (χ4n) is 1.24. The van der Waals surface area contributed by atoms with Crippen molar-refractivity contribution < 1.29 is 4.74 Å². The van der Waals surface area contributed by atoms with E-state index < -0.39 is 0 Å². The quantitative estimate of drug-likeness (QED) is 0.819. The summed E-state index contributed by atoms with van der Waals surface area (Å²) in [6, 6.07) is 8.24. The lowest BCUT2D eigenvalue weighted by Gasteiger charge is -2.20. The number of ether oxygens (including phenoxy) is 1. The fraction of sp³-hybridized carbons (Fsp3) is 0.538. The normalized spacial score (nSPS) is 11.5. The average Bonchev–Trinajstić information content (AvgIpc) is 2.16. The first-order chi connectivity index (χ1) is 7.01. The van der Waals surface area contributed by atoms with Gasteiger partial charge >= 0.3 is 0 Å². The lowest BCUT2D eigenvalue weighted by molar-refractivity contribution is 0.340. The third kappa shape index (κ3) is 4.84. The van der Waals surface area contributed by atoms with Gasteiger partial charge < -0.3 is 10.1 Å². The zero-order valence-electron chi connectivity index (χ0n) is 10.1. The van der Waals surface area contributed by atoms with Gasteiger partial charge in [-0.3, -0.25) is 0 Å². The molecule has 0 amide bonds. The Morgan fingerprint density at radius 1 is 1.13 bits per heavy atom. The van der Waals surface area contributed by atoms with E-state index in [1.807, 2.05) is 19.1 Å². The molecule has 1 rings (SSSR count). The van der Waals surface area contributed by atoms with Crippen molar-refractivity contribution in [3.63, 3.8) is 0 Å². The Morgan fingerprint density at radius 2 is 1.73 bits per heavy atom. The third-order valence-corrected chi connectivity index (χ3v) is 2.06. The highest BCUT2D eigenvalue weighted by molar-refractivity contribution is 5.27. The molecule has 2 nitrogen and oxygen atoms in total. The topological polar surface area (TPSA) is 21.3 Å². The van der Waals surface area contributed by atoms with Crippen molar-refractivity contribution in [1.82, 2.24) is 5.32 Å². The van der Waals surface area contributed by atoms with Gasteiger partial charge in [0.05, 0.1) is 6.61 Å². The van der Waals surface area contributed by atoms with Gasteiger partial charge in [0.15, 0.2) is 0 Å². The molecule has 0 aliphatic carbocycles. The molecule has 0 saturated heterocycles. The van der Waals surface area contributed by atoms with E-state index in [9.17, 15) is 0 Å². The minimum absolute atomic E-state index is 0.165. The van der Waals surface area contributed by atoms with Crippen LogP contribution in [0.1, 0.15) is 33.3 Å². The second-order valence-electron chi connectivity index (χ2n) is 4.68. The third-order valence-electron chi connectivity index (χ3n) is 2.06. The number of hydrogen-bond donors (Lipinski definition) is 1. The Labute approximate surface area is 92.6 Å². The minimum atomic E-state index is 0.165. The molecule has 84 valence electrons. The van der Waals surface area contributed by atoms with E-state index in [-0.39, 0.29) is 5.54 Å². The Hall–Kier alpha value is -1.02. The van der Waals surface area contributed by atoms with Crippen molar-refractivity contribution in [1.29, 1.82) is 0 Å². The van der Waals surface area contributed by atoms with Crippen LogP contribution in [-0.4, -0.2) is 12.1 Å². The molecule has 0 aliphatic heterocycles. The molecular formula is C13H21NO. The predicted molar refractivity (Wildman–Crippen MR) is 64.2 cm³/mol. The van der Waals surface area contributed by atoms with Gasteiger partial charge in [-0.2, -0.15) is 0 Å². The average molecular weight is 207 g/mol. The van der Waals surface area contributed by atoms with Crippen molar-refractivity contribution in [2.45, 2.75) is 39.8 Å². The monoisotopic (exact) mass is 207 g/mol. The van der Waals surface area contributed by atoms with Gasteiger partial charge in [0.1, 0.15) is 5.75 Å². The van der Waals surface area contributed by atoms with E-state index >= 15 is 0 Å². The first-order valence-electron chi connectivity index (χ1n) is 5.48. The van der Waals surface area contributed by atoms with Gasteiger partial charge in [0.2, 0.25) is 0 Å². The van der Waals surface area contributed by atoms with E-state index in [2.05, 4.69) is 38.2 Å². The molecule has 0 aromatic heterocycles. The summed E-state index contributed by atoms with van der Waals surface area (Å²) in [5.74, 6) is 0.942. The molecule has 1 aromatic carbocycles. The smallest absolute Gasteiger partial charge is 0.119 e. The van der Waals surface area contributed by atoms with Crippen LogP contribution in [0.4, 0.5) is 0 Å². The standard InChI is InChI=1S/C13H21NO/c1-5-15-12-8-6-11(7-9-12)10-14-13(2,3)4/h6-9,14H,5,10H2,1-4H3. The van der Waals surface area contributed by atoms with Crippen LogP contribution in [0.15, 0.2) is 24.3 Å². The van der Waals surface area contributed by atoms with Crippen LogP contribution in [0.2, 0.25) is 0 Å². The highest BCUT2D eigenvalue weighted by atomic mass is 16.5. The van der Waals surface area contributed by atoms with E-state index in [1.165, 1.54) is 5.56 Å². The number of benzene rings is 1. The summed E-state index contributed by atoms with van der Waals surface area (Å²) in [6.45, 7) is 10.1. The van der Waals surface area contributed by atoms with E-state index in [0.717, 1.165) is 18.9 Å². The Balaban J connectivity index is 2.50. The van der Waals surface area contributed by atoms with E-state index in [4.69, 9.17) is 4.74 Å². The van der Waals surface area contributed by atoms with Gasteiger partial charge in [-0.1, -0.05) is 12.1 Å². The summed E-state index contributed by atoms with van der Waals surface area (Å²) in [6.07, 6.45) is 0. The molecule has 0 radical (unpaired) electrons. The summed E-state index contributed by atoms with van der Waals surface area (Å²) >= 11 is 0. The molecule has 1 N–H and O–H groups in total. The summed E-state index contributed by atoms with van der Waals surface area (Å²) < 4.78 is 5.39. The van der Waals surface area contributed by atoms with Gasteiger partial charge in [-0.05, 0) is 45.4 Å². The van der Waals surface area contributed by atoms with Crippen LogP contribution < -0.4 is 10.1 Å². The lowest BCUT2D eigenvalue weighted by Crippen LogP contribution is -2.34. The molecule has 0 atom stereocenters. The Morgan fingerprint density at radius 3 is 2.20 bits per heavy atom. The van der Waals surface area contributed by atoms with Crippen LogP contribution >= 0.6 is 0 Å². The molecule has 0 unspecified atom stereocenters. The lowest BCUT2D eigenvalue weighted by atomic mass is 10.1. The summed E-state index contributed by atoms with van der Waals surface area (Å²) in [4.78, 5) is 0. The molecule has 0 saturated carbocycles. The molecule has 15 heavy (non-hydrogen) atoms. The Bertz CT molecular complexity index is 284. The van der Waals surface area contributed by atoms with Crippen molar-refractivity contribution in [2.24, 2.45) is 0 Å². The van der Waals surface area contributed by atoms with E-state index in [1.54, 1.807) is 0 Å². The van der Waals surface area contributed by atoms with Crippen molar-refractivity contribution in [3.8, 4) is 5.75 Å². The van der Waals surface area contributed by atoms with Gasteiger partial charge in [-0.15, -0.1) is 0 Å². The SMILES string of the molecule is CCOc1ccc(CNC(C)(C)C)cc1. The van der Waals surface area contributed by atoms with Crippen molar-refractivity contribution in [3.05, 3.63) is 29.8 Å². The maximum atomic E-state index is 5.39. The molecular weight excluding hydrogens is 186 g/mol. The molecule has 2 heteroatoms. The van der Waals surface area contributed by atoms with Crippen LogP contribution in [-0.2, 0) is 6.54 Å². The fourth-order valence-corrected chi connectivity index (χ4v) is 1.24. The van der Waals surface area contributed by atoms with Crippen LogP contribution in [0.5, 0.6) is 5.75 Å². The zero-order valence-corrected chi connectivity index (χ0v) is 10.1. The summed E-state index contributed by atoms with van der Waals surface area (Å²) in [7, 11) is 0. The van der Waals surface area contributed by atoms with Gasteiger partial charge in [0, 0.05) is 12.1 Å². The summed E-state index contributed by atoms with van der Waals surface area (Å²) in [5.41, 5.74) is 1.45. The zero-order chi connectivity index (χ0) is 11.3. The number of nitrogens with one attached hydrogen (secondary N) is 1. The summed E-state index contributed by atoms with van der Waals surface area (Å²) in [5, 5.41) is 3.45. The van der Waals surface area contributed by atoms with Crippen molar-refractivity contribution in [2.75, 3.05) is 6.61 Å². The first kappa shape index (κ1) is 12.1.